The number of rotatable bonds is 5. The molecule has 2 aromatic heterocycles. The van der Waals surface area contributed by atoms with Crippen LogP contribution < -0.4 is 4.72 Å². The van der Waals surface area contributed by atoms with Gasteiger partial charge in [-0.05, 0) is 43.4 Å². The van der Waals surface area contributed by atoms with Gasteiger partial charge in [0.25, 0.3) is 0 Å². The van der Waals surface area contributed by atoms with E-state index < -0.39 is 10.0 Å². The molecule has 0 aliphatic heterocycles. The number of aryl methyl sites for hydroxylation is 1. The Morgan fingerprint density at radius 2 is 2.10 bits per heavy atom. The summed E-state index contributed by atoms with van der Waals surface area (Å²) in [7, 11) is -3.49. The van der Waals surface area contributed by atoms with Gasteiger partial charge in [-0.25, -0.2) is 13.1 Å². The van der Waals surface area contributed by atoms with Gasteiger partial charge in [-0.3, -0.25) is 9.67 Å². The third-order valence-corrected chi connectivity index (χ3v) is 5.15. The van der Waals surface area contributed by atoms with E-state index in [1.54, 1.807) is 12.3 Å². The van der Waals surface area contributed by atoms with Crippen molar-refractivity contribution >= 4 is 10.0 Å². The summed E-state index contributed by atoms with van der Waals surface area (Å²) in [5.74, 6) is 0. The van der Waals surface area contributed by atoms with Crippen molar-refractivity contribution in [2.24, 2.45) is 0 Å². The van der Waals surface area contributed by atoms with Gasteiger partial charge >= 0.3 is 0 Å². The third-order valence-electron chi connectivity index (χ3n) is 3.71. The lowest BCUT2D eigenvalue weighted by Gasteiger charge is -2.14. The van der Waals surface area contributed by atoms with Crippen molar-refractivity contribution in [1.29, 1.82) is 0 Å². The second-order valence-electron chi connectivity index (χ2n) is 5.13. The normalized spacial score (nSPS) is 14.9. The molecule has 6 nitrogen and oxygen atoms in total. The van der Waals surface area contributed by atoms with Crippen LogP contribution in [0.4, 0.5) is 0 Å². The van der Waals surface area contributed by atoms with Crippen molar-refractivity contribution in [3.8, 4) is 0 Å². The zero-order chi connectivity index (χ0) is 14.7. The molecule has 0 atom stereocenters. The number of pyridine rings is 1. The van der Waals surface area contributed by atoms with Crippen LogP contribution in [0.3, 0.4) is 0 Å². The Morgan fingerprint density at radius 3 is 2.90 bits per heavy atom. The van der Waals surface area contributed by atoms with Crippen LogP contribution in [0.5, 0.6) is 0 Å². The number of sulfonamides is 1. The Labute approximate surface area is 124 Å². The Hall–Kier alpha value is -1.73. The van der Waals surface area contributed by atoms with Gasteiger partial charge in [0.15, 0.2) is 0 Å². The van der Waals surface area contributed by atoms with E-state index in [1.807, 2.05) is 10.9 Å². The SMILES string of the molecule is O=S(=O)(NCCn1ncc2c1CCCC2)c1cccnc1. The number of fused-ring (bicyclic) bond motifs is 1. The molecule has 0 saturated carbocycles. The zero-order valence-electron chi connectivity index (χ0n) is 11.7. The van der Waals surface area contributed by atoms with Gasteiger partial charge in [-0.15, -0.1) is 0 Å². The molecule has 0 radical (unpaired) electrons. The molecule has 7 heteroatoms. The predicted molar refractivity (Wildman–Crippen MR) is 78.3 cm³/mol. The molecule has 3 rings (SSSR count). The Morgan fingerprint density at radius 1 is 1.24 bits per heavy atom. The second-order valence-corrected chi connectivity index (χ2v) is 6.90. The Bertz CT molecular complexity index is 710. The Kier molecular flexibility index (Phi) is 4.03. The summed E-state index contributed by atoms with van der Waals surface area (Å²) in [6.45, 7) is 0.875. The lowest BCUT2D eigenvalue weighted by molar-refractivity contribution is 0.538. The molecular weight excluding hydrogens is 288 g/mol. The molecule has 0 spiro atoms. The van der Waals surface area contributed by atoms with Gasteiger partial charge in [0.2, 0.25) is 10.0 Å². The van der Waals surface area contributed by atoms with Crippen LogP contribution in [0, 0.1) is 0 Å². The number of aromatic nitrogens is 3. The maximum absolute atomic E-state index is 12.1. The largest absolute Gasteiger partial charge is 0.268 e. The number of hydrogen-bond donors (Lipinski definition) is 1. The van der Waals surface area contributed by atoms with Crippen LogP contribution >= 0.6 is 0 Å². The van der Waals surface area contributed by atoms with Gasteiger partial charge in [0.1, 0.15) is 4.90 Å². The molecule has 2 heterocycles. The van der Waals surface area contributed by atoms with Crippen LogP contribution in [0.2, 0.25) is 0 Å². The highest BCUT2D eigenvalue weighted by molar-refractivity contribution is 7.89. The van der Waals surface area contributed by atoms with E-state index in [-0.39, 0.29) is 4.90 Å². The molecule has 1 aliphatic rings. The van der Waals surface area contributed by atoms with E-state index >= 15 is 0 Å². The minimum atomic E-state index is -3.49. The summed E-state index contributed by atoms with van der Waals surface area (Å²) in [4.78, 5) is 4.02. The average Bonchev–Trinajstić information content (AvgIpc) is 2.92. The van der Waals surface area contributed by atoms with E-state index in [2.05, 4.69) is 14.8 Å². The van der Waals surface area contributed by atoms with Gasteiger partial charge in [0.05, 0.1) is 12.7 Å². The van der Waals surface area contributed by atoms with Crippen LogP contribution in [0.1, 0.15) is 24.1 Å². The summed E-state index contributed by atoms with van der Waals surface area (Å²) in [5, 5.41) is 4.36. The first kappa shape index (κ1) is 14.2. The van der Waals surface area contributed by atoms with Crippen molar-refractivity contribution < 1.29 is 8.42 Å². The van der Waals surface area contributed by atoms with E-state index in [0.717, 1.165) is 12.8 Å². The molecule has 21 heavy (non-hydrogen) atoms. The summed E-state index contributed by atoms with van der Waals surface area (Å²) in [6, 6.07) is 3.14. The average molecular weight is 306 g/mol. The molecule has 0 amide bonds. The lowest BCUT2D eigenvalue weighted by Crippen LogP contribution is -2.28. The minimum Gasteiger partial charge on any atom is -0.268 e. The summed E-state index contributed by atoms with van der Waals surface area (Å²) >= 11 is 0. The third kappa shape index (κ3) is 3.14. The van der Waals surface area contributed by atoms with E-state index in [4.69, 9.17) is 0 Å². The zero-order valence-corrected chi connectivity index (χ0v) is 12.5. The predicted octanol–water partition coefficient (Wildman–Crippen LogP) is 1.14. The molecular formula is C14H18N4O2S. The molecule has 0 aromatic carbocycles. The van der Waals surface area contributed by atoms with Crippen LogP contribution in [-0.4, -0.2) is 29.7 Å². The van der Waals surface area contributed by atoms with Crippen LogP contribution in [0.15, 0.2) is 35.6 Å². The molecule has 112 valence electrons. The summed E-state index contributed by atoms with van der Waals surface area (Å²) < 4.78 is 28.6. The first-order chi connectivity index (χ1) is 10.2. The highest BCUT2D eigenvalue weighted by Gasteiger charge is 2.16. The molecule has 0 saturated heterocycles. The maximum atomic E-state index is 12.1. The van der Waals surface area contributed by atoms with Crippen molar-refractivity contribution in [2.75, 3.05) is 6.54 Å². The highest BCUT2D eigenvalue weighted by atomic mass is 32.2. The van der Waals surface area contributed by atoms with Crippen molar-refractivity contribution in [3.05, 3.63) is 42.0 Å². The Balaban J connectivity index is 1.63. The van der Waals surface area contributed by atoms with Crippen LogP contribution in [-0.2, 0) is 29.4 Å². The number of hydrogen-bond acceptors (Lipinski definition) is 4. The minimum absolute atomic E-state index is 0.187. The summed E-state index contributed by atoms with van der Waals surface area (Å²) in [5.41, 5.74) is 2.55. The van der Waals surface area contributed by atoms with Crippen LogP contribution in [0.25, 0.3) is 0 Å². The molecule has 0 bridgehead atoms. The fraction of sp³-hybridized carbons (Fsp3) is 0.429. The van der Waals surface area contributed by atoms with Crippen molar-refractivity contribution in [3.63, 3.8) is 0 Å². The smallest absolute Gasteiger partial charge is 0.242 e. The van der Waals surface area contributed by atoms with Gasteiger partial charge in [0, 0.05) is 24.6 Å². The van der Waals surface area contributed by atoms with Gasteiger partial charge < -0.3 is 0 Å². The van der Waals surface area contributed by atoms with E-state index in [1.165, 1.54) is 36.4 Å². The molecule has 1 N–H and O–H groups in total. The number of nitrogens with one attached hydrogen (secondary N) is 1. The van der Waals surface area contributed by atoms with Gasteiger partial charge in [-0.1, -0.05) is 0 Å². The highest BCUT2D eigenvalue weighted by Crippen LogP contribution is 2.20. The molecule has 0 fully saturated rings. The molecule has 1 aliphatic carbocycles. The van der Waals surface area contributed by atoms with Gasteiger partial charge in [-0.2, -0.15) is 5.10 Å². The van der Waals surface area contributed by atoms with Crippen molar-refractivity contribution in [1.82, 2.24) is 19.5 Å². The topological polar surface area (TPSA) is 76.9 Å². The number of nitrogens with zero attached hydrogens (tertiary/aromatic N) is 3. The van der Waals surface area contributed by atoms with E-state index in [0.29, 0.717) is 13.1 Å². The fourth-order valence-electron chi connectivity index (χ4n) is 2.62. The lowest BCUT2D eigenvalue weighted by atomic mass is 9.98. The quantitative estimate of drug-likeness (QED) is 0.898. The standard InChI is InChI=1S/C14H18N4O2S/c19-21(20,13-5-3-7-15-11-13)17-8-9-18-14-6-2-1-4-12(14)10-16-18/h3,5,7,10-11,17H,1-2,4,6,8-9H2. The fourth-order valence-corrected chi connectivity index (χ4v) is 3.61. The van der Waals surface area contributed by atoms with E-state index in [9.17, 15) is 8.42 Å². The summed E-state index contributed by atoms with van der Waals surface area (Å²) in [6.07, 6.45) is 9.31. The molecule has 2 aromatic rings. The van der Waals surface area contributed by atoms with Crippen molar-refractivity contribution in [2.45, 2.75) is 37.1 Å². The first-order valence-corrected chi connectivity index (χ1v) is 8.58. The molecule has 0 unspecified atom stereocenters. The first-order valence-electron chi connectivity index (χ1n) is 7.10. The maximum Gasteiger partial charge on any atom is 0.242 e. The monoisotopic (exact) mass is 306 g/mol. The second kappa shape index (κ2) is 5.95.